The maximum Gasteiger partial charge on any atom is 0.224 e. The molecular formula is C20H21N5O. The van der Waals surface area contributed by atoms with Gasteiger partial charge in [0, 0.05) is 6.04 Å². The maximum absolute atomic E-state index is 12.3. The molecule has 6 heteroatoms. The Balaban J connectivity index is 1.30. The van der Waals surface area contributed by atoms with Gasteiger partial charge in [0.25, 0.3) is 0 Å². The van der Waals surface area contributed by atoms with Crippen LogP contribution in [0.15, 0.2) is 60.9 Å². The Morgan fingerprint density at radius 2 is 1.88 bits per heavy atom. The molecule has 6 nitrogen and oxygen atoms in total. The summed E-state index contributed by atoms with van der Waals surface area (Å²) in [5, 5.41) is 14.2. The van der Waals surface area contributed by atoms with Crippen molar-refractivity contribution in [1.82, 2.24) is 25.5 Å². The topological polar surface area (TPSA) is 72.7 Å². The lowest BCUT2D eigenvalue weighted by Crippen LogP contribution is -2.52. The molecule has 1 heterocycles. The molecule has 1 aliphatic carbocycles. The molecule has 1 aromatic heterocycles. The lowest BCUT2D eigenvalue weighted by atomic mass is 9.63. The summed E-state index contributed by atoms with van der Waals surface area (Å²) in [5.41, 5.74) is 3.37. The molecule has 0 unspecified atom stereocenters. The summed E-state index contributed by atoms with van der Waals surface area (Å²) in [6, 6.07) is 18.5. The molecule has 1 saturated carbocycles. The van der Waals surface area contributed by atoms with Gasteiger partial charge in [0.1, 0.15) is 6.33 Å². The molecule has 2 aromatic carbocycles. The van der Waals surface area contributed by atoms with Gasteiger partial charge in [-0.25, -0.2) is 4.68 Å². The van der Waals surface area contributed by atoms with Gasteiger partial charge in [-0.1, -0.05) is 49.4 Å². The van der Waals surface area contributed by atoms with Gasteiger partial charge in [0.15, 0.2) is 0 Å². The van der Waals surface area contributed by atoms with Crippen LogP contribution < -0.4 is 5.32 Å². The van der Waals surface area contributed by atoms with E-state index in [9.17, 15) is 4.79 Å². The van der Waals surface area contributed by atoms with E-state index in [-0.39, 0.29) is 17.4 Å². The molecule has 1 N–H and O–H groups in total. The summed E-state index contributed by atoms with van der Waals surface area (Å²) >= 11 is 0. The van der Waals surface area contributed by atoms with E-state index in [2.05, 4.69) is 52.0 Å². The highest BCUT2D eigenvalue weighted by Gasteiger charge is 2.41. The molecule has 0 atom stereocenters. The van der Waals surface area contributed by atoms with Crippen molar-refractivity contribution in [2.75, 3.05) is 0 Å². The fraction of sp³-hybridized carbons (Fsp3) is 0.300. The Hall–Kier alpha value is -3.02. The summed E-state index contributed by atoms with van der Waals surface area (Å²) in [7, 11) is 0. The average molecular weight is 347 g/mol. The predicted octanol–water partition coefficient (Wildman–Crippen LogP) is 2.44. The van der Waals surface area contributed by atoms with E-state index >= 15 is 0 Å². The highest BCUT2D eigenvalue weighted by atomic mass is 16.1. The van der Waals surface area contributed by atoms with E-state index in [1.807, 2.05) is 30.3 Å². The molecule has 3 aromatic rings. The van der Waals surface area contributed by atoms with Crippen LogP contribution in [0, 0.1) is 0 Å². The molecule has 1 amide bonds. The largest absolute Gasteiger partial charge is 0.353 e. The van der Waals surface area contributed by atoms with Crippen molar-refractivity contribution in [3.8, 4) is 5.69 Å². The fourth-order valence-corrected chi connectivity index (χ4v) is 3.72. The normalized spacial score (nSPS) is 21.8. The van der Waals surface area contributed by atoms with Crippen LogP contribution in [0.1, 0.15) is 30.9 Å². The number of tetrazole rings is 1. The Bertz CT molecular complexity index is 868. The highest BCUT2D eigenvalue weighted by Crippen LogP contribution is 2.43. The number of hydrogen-bond donors (Lipinski definition) is 1. The van der Waals surface area contributed by atoms with Crippen molar-refractivity contribution in [3.05, 3.63) is 72.1 Å². The second-order valence-corrected chi connectivity index (χ2v) is 7.20. The van der Waals surface area contributed by atoms with Crippen LogP contribution in [0.2, 0.25) is 0 Å². The molecular weight excluding hydrogens is 326 g/mol. The van der Waals surface area contributed by atoms with E-state index in [4.69, 9.17) is 0 Å². The molecule has 26 heavy (non-hydrogen) atoms. The maximum atomic E-state index is 12.3. The zero-order valence-corrected chi connectivity index (χ0v) is 14.7. The van der Waals surface area contributed by atoms with Gasteiger partial charge in [0.05, 0.1) is 12.1 Å². The number of hydrogen-bond acceptors (Lipinski definition) is 4. The van der Waals surface area contributed by atoms with Crippen LogP contribution in [0.5, 0.6) is 0 Å². The first-order valence-electron chi connectivity index (χ1n) is 8.80. The molecule has 1 fully saturated rings. The zero-order valence-electron chi connectivity index (χ0n) is 14.7. The second kappa shape index (κ2) is 6.71. The minimum atomic E-state index is 0.0697. The third-order valence-corrected chi connectivity index (χ3v) is 5.14. The minimum absolute atomic E-state index is 0.0697. The second-order valence-electron chi connectivity index (χ2n) is 7.20. The smallest absolute Gasteiger partial charge is 0.224 e. The number of amides is 1. The lowest BCUT2D eigenvalue weighted by molar-refractivity contribution is -0.122. The third kappa shape index (κ3) is 3.35. The Kier molecular flexibility index (Phi) is 4.24. The summed E-state index contributed by atoms with van der Waals surface area (Å²) in [6.45, 7) is 2.27. The SMILES string of the molecule is CC1(c2ccccc2)CC(NC(=O)Cc2ccc(-n3cnnn3)cc2)C1. The number of rotatable bonds is 5. The summed E-state index contributed by atoms with van der Waals surface area (Å²) in [4.78, 5) is 12.3. The zero-order chi connectivity index (χ0) is 18.0. The summed E-state index contributed by atoms with van der Waals surface area (Å²) < 4.78 is 1.59. The van der Waals surface area contributed by atoms with Crippen molar-refractivity contribution >= 4 is 5.91 Å². The first-order chi connectivity index (χ1) is 12.6. The van der Waals surface area contributed by atoms with Crippen LogP contribution in [0.4, 0.5) is 0 Å². The van der Waals surface area contributed by atoms with Crippen LogP contribution in [-0.2, 0) is 16.6 Å². The van der Waals surface area contributed by atoms with Crippen LogP contribution >= 0.6 is 0 Å². The van der Waals surface area contributed by atoms with E-state index in [0.29, 0.717) is 6.42 Å². The number of carbonyl (C=O) groups is 1. The van der Waals surface area contributed by atoms with E-state index in [1.54, 1.807) is 11.0 Å². The van der Waals surface area contributed by atoms with Crippen LogP contribution in [-0.4, -0.2) is 32.2 Å². The third-order valence-electron chi connectivity index (χ3n) is 5.14. The molecule has 1 aliphatic rings. The summed E-state index contributed by atoms with van der Waals surface area (Å²) in [6.07, 6.45) is 3.90. The van der Waals surface area contributed by atoms with E-state index in [0.717, 1.165) is 24.1 Å². The molecule has 0 spiro atoms. The molecule has 0 radical (unpaired) electrons. The van der Waals surface area contributed by atoms with E-state index in [1.165, 1.54) is 5.56 Å². The van der Waals surface area contributed by atoms with E-state index < -0.39 is 0 Å². The number of nitrogens with one attached hydrogen (secondary N) is 1. The molecule has 132 valence electrons. The van der Waals surface area contributed by atoms with Crippen molar-refractivity contribution in [1.29, 1.82) is 0 Å². The average Bonchev–Trinajstić information content (AvgIpc) is 3.16. The quantitative estimate of drug-likeness (QED) is 0.769. The van der Waals surface area contributed by atoms with Gasteiger partial charge in [-0.2, -0.15) is 0 Å². The fourth-order valence-electron chi connectivity index (χ4n) is 3.72. The predicted molar refractivity (Wildman–Crippen MR) is 97.8 cm³/mol. The van der Waals surface area contributed by atoms with Crippen molar-refractivity contribution < 1.29 is 4.79 Å². The van der Waals surface area contributed by atoms with Gasteiger partial charge < -0.3 is 5.32 Å². The Morgan fingerprint density at radius 3 is 2.54 bits per heavy atom. The first-order valence-corrected chi connectivity index (χ1v) is 8.80. The Labute approximate surface area is 152 Å². The minimum Gasteiger partial charge on any atom is -0.353 e. The van der Waals surface area contributed by atoms with Gasteiger partial charge in [-0.15, -0.1) is 5.10 Å². The number of benzene rings is 2. The lowest BCUT2D eigenvalue weighted by Gasteiger charge is -2.46. The number of nitrogens with zero attached hydrogens (tertiary/aromatic N) is 4. The van der Waals surface area contributed by atoms with Crippen LogP contribution in [0.25, 0.3) is 5.69 Å². The molecule has 0 bridgehead atoms. The van der Waals surface area contributed by atoms with Crippen molar-refractivity contribution in [2.24, 2.45) is 0 Å². The monoisotopic (exact) mass is 347 g/mol. The molecule has 4 rings (SSSR count). The van der Waals surface area contributed by atoms with Crippen molar-refractivity contribution in [3.63, 3.8) is 0 Å². The Morgan fingerprint density at radius 1 is 1.15 bits per heavy atom. The molecule has 0 aliphatic heterocycles. The highest BCUT2D eigenvalue weighted by molar-refractivity contribution is 5.79. The van der Waals surface area contributed by atoms with Crippen LogP contribution in [0.3, 0.4) is 0 Å². The standard InChI is InChI=1S/C20H21N5O/c1-20(16-5-3-2-4-6-16)12-17(13-20)22-19(26)11-15-7-9-18(10-8-15)25-14-21-23-24-25/h2-10,14,17H,11-13H2,1H3,(H,22,26). The van der Waals surface area contributed by atoms with Gasteiger partial charge >= 0.3 is 0 Å². The number of carbonyl (C=O) groups excluding carboxylic acids is 1. The van der Waals surface area contributed by atoms with Crippen molar-refractivity contribution in [2.45, 2.75) is 37.6 Å². The molecule has 0 saturated heterocycles. The number of aromatic nitrogens is 4. The van der Waals surface area contributed by atoms with Gasteiger partial charge in [0.2, 0.25) is 5.91 Å². The first kappa shape index (κ1) is 16.4. The summed E-state index contributed by atoms with van der Waals surface area (Å²) in [5.74, 6) is 0.0697. The van der Waals surface area contributed by atoms with Gasteiger partial charge in [-0.05, 0) is 51.9 Å². The van der Waals surface area contributed by atoms with Gasteiger partial charge in [-0.3, -0.25) is 4.79 Å².